The van der Waals surface area contributed by atoms with E-state index in [1.165, 1.54) is 6.92 Å². The van der Waals surface area contributed by atoms with Crippen molar-refractivity contribution in [2.24, 2.45) is 0 Å². The molecule has 8 heteroatoms. The fourth-order valence-corrected chi connectivity index (χ4v) is 2.82. The van der Waals surface area contributed by atoms with Crippen LogP contribution in [0.15, 0.2) is 42.5 Å². The van der Waals surface area contributed by atoms with Crippen LogP contribution in [0.2, 0.25) is 5.02 Å². The first-order valence-electron chi connectivity index (χ1n) is 8.62. The lowest BCUT2D eigenvalue weighted by Gasteiger charge is -2.15. The van der Waals surface area contributed by atoms with Gasteiger partial charge in [0.15, 0.2) is 6.61 Å². The van der Waals surface area contributed by atoms with Crippen LogP contribution in [-0.2, 0) is 14.3 Å². The molecule has 148 valence electrons. The van der Waals surface area contributed by atoms with E-state index in [1.807, 2.05) is 26.0 Å². The molecule has 0 saturated carbocycles. The zero-order chi connectivity index (χ0) is 20.7. The number of halogens is 1. The first kappa shape index (κ1) is 21.2. The van der Waals surface area contributed by atoms with Crippen LogP contribution in [0.3, 0.4) is 0 Å². The summed E-state index contributed by atoms with van der Waals surface area (Å²) < 4.78 is 4.96. The summed E-state index contributed by atoms with van der Waals surface area (Å²) >= 11 is 6.14. The Labute approximate surface area is 168 Å². The zero-order valence-electron chi connectivity index (χ0n) is 15.8. The number of para-hydroxylation sites is 1. The van der Waals surface area contributed by atoms with E-state index in [0.717, 1.165) is 11.1 Å². The summed E-state index contributed by atoms with van der Waals surface area (Å²) in [6.07, 6.45) is 0. The van der Waals surface area contributed by atoms with E-state index in [1.54, 1.807) is 30.3 Å². The number of hydrogen-bond acceptors (Lipinski definition) is 4. The van der Waals surface area contributed by atoms with Crippen molar-refractivity contribution < 1.29 is 19.1 Å². The van der Waals surface area contributed by atoms with Crippen molar-refractivity contribution in [3.8, 4) is 0 Å². The van der Waals surface area contributed by atoms with Crippen molar-refractivity contribution in [1.82, 2.24) is 5.32 Å². The second-order valence-electron chi connectivity index (χ2n) is 6.28. The monoisotopic (exact) mass is 403 g/mol. The Hall–Kier alpha value is -3.06. The molecule has 3 N–H and O–H groups in total. The average Bonchev–Trinajstić information content (AvgIpc) is 2.63. The molecule has 2 aromatic rings. The summed E-state index contributed by atoms with van der Waals surface area (Å²) in [7, 11) is 0. The normalized spacial score (nSPS) is 11.3. The lowest BCUT2D eigenvalue weighted by Crippen LogP contribution is -2.42. The molecule has 0 aliphatic carbocycles. The fraction of sp³-hybridized carbons (Fsp3) is 0.250. The van der Waals surface area contributed by atoms with E-state index in [4.69, 9.17) is 16.3 Å². The minimum atomic E-state index is -0.929. The molecule has 0 heterocycles. The second-order valence-corrected chi connectivity index (χ2v) is 6.69. The third-order valence-corrected chi connectivity index (χ3v) is 4.07. The Bertz CT molecular complexity index is 848. The topological polar surface area (TPSA) is 96.5 Å². The Morgan fingerprint density at radius 3 is 2.39 bits per heavy atom. The van der Waals surface area contributed by atoms with Gasteiger partial charge in [0.05, 0.1) is 10.7 Å². The van der Waals surface area contributed by atoms with Crippen molar-refractivity contribution >= 4 is 40.9 Å². The Morgan fingerprint density at radius 2 is 1.75 bits per heavy atom. The maximum atomic E-state index is 12.0. The number of benzene rings is 2. The number of anilines is 2. The van der Waals surface area contributed by atoms with Gasteiger partial charge >= 0.3 is 12.0 Å². The van der Waals surface area contributed by atoms with Gasteiger partial charge in [-0.05, 0) is 50.1 Å². The van der Waals surface area contributed by atoms with E-state index in [2.05, 4.69) is 16.0 Å². The Balaban J connectivity index is 1.81. The van der Waals surface area contributed by atoms with Crippen LogP contribution in [0.25, 0.3) is 0 Å². The highest BCUT2D eigenvalue weighted by Crippen LogP contribution is 2.27. The first-order valence-corrected chi connectivity index (χ1v) is 9.00. The van der Waals surface area contributed by atoms with Gasteiger partial charge in [-0.2, -0.15) is 0 Å². The number of nitrogens with one attached hydrogen (secondary N) is 3. The molecule has 0 spiro atoms. The molecule has 2 aromatic carbocycles. The number of rotatable bonds is 6. The van der Waals surface area contributed by atoms with Crippen molar-refractivity contribution in [3.05, 3.63) is 58.6 Å². The van der Waals surface area contributed by atoms with Gasteiger partial charge in [0.25, 0.3) is 5.91 Å². The van der Waals surface area contributed by atoms with Crippen LogP contribution in [0.5, 0.6) is 0 Å². The SMILES string of the molecule is Cc1cc(C)c(NC(=O)COC(=O)[C@H](C)NC(=O)Nc2ccccc2)c(Cl)c1. The highest BCUT2D eigenvalue weighted by Gasteiger charge is 2.19. The Morgan fingerprint density at radius 1 is 1.07 bits per heavy atom. The minimum Gasteiger partial charge on any atom is -0.454 e. The number of carbonyl (C=O) groups excluding carboxylic acids is 3. The molecular weight excluding hydrogens is 382 g/mol. The van der Waals surface area contributed by atoms with E-state index in [0.29, 0.717) is 16.4 Å². The molecule has 0 aliphatic heterocycles. The van der Waals surface area contributed by atoms with Gasteiger partial charge < -0.3 is 20.7 Å². The van der Waals surface area contributed by atoms with Gasteiger partial charge in [-0.3, -0.25) is 4.79 Å². The molecule has 28 heavy (non-hydrogen) atoms. The highest BCUT2D eigenvalue weighted by molar-refractivity contribution is 6.34. The van der Waals surface area contributed by atoms with Gasteiger partial charge in [-0.15, -0.1) is 0 Å². The van der Waals surface area contributed by atoms with Crippen LogP contribution in [0, 0.1) is 13.8 Å². The number of esters is 1. The highest BCUT2D eigenvalue weighted by atomic mass is 35.5. The van der Waals surface area contributed by atoms with E-state index in [9.17, 15) is 14.4 Å². The number of urea groups is 1. The lowest BCUT2D eigenvalue weighted by molar-refractivity contribution is -0.148. The number of aryl methyl sites for hydroxylation is 2. The smallest absolute Gasteiger partial charge is 0.328 e. The van der Waals surface area contributed by atoms with E-state index < -0.39 is 30.6 Å². The average molecular weight is 404 g/mol. The first-order chi connectivity index (χ1) is 13.3. The molecule has 0 unspecified atom stereocenters. The van der Waals surface area contributed by atoms with Crippen molar-refractivity contribution in [3.63, 3.8) is 0 Å². The standard InChI is InChI=1S/C20H22ClN3O4/c1-12-9-13(2)18(16(21)10-12)24-17(25)11-28-19(26)14(3)22-20(27)23-15-7-5-4-6-8-15/h4-10,14H,11H2,1-3H3,(H,24,25)(H2,22,23,27)/t14-/m0/s1. The summed E-state index contributed by atoms with van der Waals surface area (Å²) in [5.41, 5.74) is 2.84. The summed E-state index contributed by atoms with van der Waals surface area (Å²) in [6, 6.07) is 10.9. The van der Waals surface area contributed by atoms with Gasteiger partial charge in [0.1, 0.15) is 6.04 Å². The third kappa shape index (κ3) is 6.28. The second kappa shape index (κ2) is 9.75. The van der Waals surface area contributed by atoms with Gasteiger partial charge in [0, 0.05) is 5.69 Å². The molecule has 3 amide bonds. The fourth-order valence-electron chi connectivity index (χ4n) is 2.46. The van der Waals surface area contributed by atoms with Crippen LogP contribution < -0.4 is 16.0 Å². The number of ether oxygens (including phenoxy) is 1. The van der Waals surface area contributed by atoms with E-state index in [-0.39, 0.29) is 0 Å². The third-order valence-electron chi connectivity index (χ3n) is 3.77. The molecule has 1 atom stereocenters. The largest absolute Gasteiger partial charge is 0.454 e. The summed E-state index contributed by atoms with van der Waals surface area (Å²) in [6.45, 7) is 4.69. The maximum Gasteiger partial charge on any atom is 0.328 e. The molecule has 0 aliphatic rings. The zero-order valence-corrected chi connectivity index (χ0v) is 16.6. The number of carbonyl (C=O) groups is 3. The molecule has 2 rings (SSSR count). The molecule has 0 aromatic heterocycles. The molecule has 0 radical (unpaired) electrons. The predicted octanol–water partition coefficient (Wildman–Crippen LogP) is 3.65. The van der Waals surface area contributed by atoms with Crippen LogP contribution in [-0.4, -0.2) is 30.6 Å². The molecule has 7 nitrogen and oxygen atoms in total. The summed E-state index contributed by atoms with van der Waals surface area (Å²) in [5.74, 6) is -1.26. The van der Waals surface area contributed by atoms with Crippen molar-refractivity contribution in [2.75, 3.05) is 17.2 Å². The molecular formula is C20H22ClN3O4. The number of amides is 3. The number of hydrogen-bond donors (Lipinski definition) is 3. The summed E-state index contributed by atoms with van der Waals surface area (Å²) in [4.78, 5) is 35.9. The summed E-state index contributed by atoms with van der Waals surface area (Å²) in [5, 5.41) is 8.07. The minimum absolute atomic E-state index is 0.407. The van der Waals surface area contributed by atoms with Crippen LogP contribution >= 0.6 is 11.6 Å². The van der Waals surface area contributed by atoms with Crippen LogP contribution in [0.4, 0.5) is 16.2 Å². The van der Waals surface area contributed by atoms with Gasteiger partial charge in [0.2, 0.25) is 0 Å². The van der Waals surface area contributed by atoms with Crippen molar-refractivity contribution in [1.29, 1.82) is 0 Å². The molecule has 0 fully saturated rings. The van der Waals surface area contributed by atoms with Gasteiger partial charge in [-0.25, -0.2) is 9.59 Å². The van der Waals surface area contributed by atoms with E-state index >= 15 is 0 Å². The maximum absolute atomic E-state index is 12.0. The predicted molar refractivity (Wildman–Crippen MR) is 109 cm³/mol. The van der Waals surface area contributed by atoms with Gasteiger partial charge in [-0.1, -0.05) is 35.9 Å². The van der Waals surface area contributed by atoms with Crippen molar-refractivity contribution in [2.45, 2.75) is 26.8 Å². The Kier molecular flexibility index (Phi) is 7.40. The molecule has 0 saturated heterocycles. The molecule has 0 bridgehead atoms. The lowest BCUT2D eigenvalue weighted by atomic mass is 10.1. The van der Waals surface area contributed by atoms with Crippen LogP contribution in [0.1, 0.15) is 18.1 Å². The quantitative estimate of drug-likeness (QED) is 0.641.